The molecule has 2 N–H and O–H groups in total. The van der Waals surface area contributed by atoms with Gasteiger partial charge in [-0.2, -0.15) is 10.1 Å². The van der Waals surface area contributed by atoms with Crippen molar-refractivity contribution >= 4 is 21.7 Å². The van der Waals surface area contributed by atoms with Crippen LogP contribution in [0.15, 0.2) is 35.5 Å². The van der Waals surface area contributed by atoms with E-state index < -0.39 is 10.0 Å². The highest BCUT2D eigenvalue weighted by Gasteiger charge is 2.20. The lowest BCUT2D eigenvalue weighted by atomic mass is 10.3. The predicted octanol–water partition coefficient (Wildman–Crippen LogP) is 1.44. The first-order valence-electron chi connectivity index (χ1n) is 6.24. The van der Waals surface area contributed by atoms with Gasteiger partial charge >= 0.3 is 0 Å². The van der Waals surface area contributed by atoms with E-state index >= 15 is 0 Å². The van der Waals surface area contributed by atoms with Crippen molar-refractivity contribution in [2.24, 2.45) is 7.05 Å². The Hall–Kier alpha value is -2.09. The summed E-state index contributed by atoms with van der Waals surface area (Å²) >= 11 is 0. The number of anilines is 2. The number of benzene rings is 1. The molecule has 0 saturated heterocycles. The summed E-state index contributed by atoms with van der Waals surface area (Å²) < 4.78 is 28.6. The molecule has 0 bridgehead atoms. The Bertz CT molecular complexity index is 681. The maximum absolute atomic E-state index is 12.4. The van der Waals surface area contributed by atoms with Crippen molar-refractivity contribution in [3.63, 3.8) is 0 Å². The molecule has 2 aromatic rings. The smallest absolute Gasteiger partial charge is 0.266 e. The van der Waals surface area contributed by atoms with Crippen molar-refractivity contribution in [3.8, 4) is 0 Å². The van der Waals surface area contributed by atoms with E-state index in [0.717, 1.165) is 6.42 Å². The van der Waals surface area contributed by atoms with Gasteiger partial charge in [0.15, 0.2) is 0 Å². The standard InChI is InChI=1S/C12H17N5O2S/c1-3-8-13-10-6-4-5-7-11(10)20(18,19)16-12-14-9-15-17(12)2/h4-7,9,13H,3,8H2,1-2H3,(H,14,15,16). The molecule has 1 aromatic carbocycles. The van der Waals surface area contributed by atoms with Gasteiger partial charge in [0, 0.05) is 13.6 Å². The second kappa shape index (κ2) is 5.91. The van der Waals surface area contributed by atoms with Crippen LogP contribution in [0.4, 0.5) is 11.6 Å². The number of nitrogens with zero attached hydrogens (tertiary/aromatic N) is 3. The Morgan fingerprint density at radius 3 is 2.70 bits per heavy atom. The second-order valence-corrected chi connectivity index (χ2v) is 5.89. The van der Waals surface area contributed by atoms with E-state index in [1.54, 1.807) is 31.3 Å². The average Bonchev–Trinajstić information content (AvgIpc) is 2.81. The lowest BCUT2D eigenvalue weighted by molar-refractivity contribution is 0.600. The van der Waals surface area contributed by atoms with Crippen LogP contribution in [0.1, 0.15) is 13.3 Å². The molecule has 0 aliphatic carbocycles. The highest BCUT2D eigenvalue weighted by Crippen LogP contribution is 2.22. The second-order valence-electron chi connectivity index (χ2n) is 4.24. The topological polar surface area (TPSA) is 88.9 Å². The van der Waals surface area contributed by atoms with Gasteiger partial charge < -0.3 is 5.32 Å². The van der Waals surface area contributed by atoms with Crippen molar-refractivity contribution in [1.82, 2.24) is 14.8 Å². The molecule has 0 radical (unpaired) electrons. The van der Waals surface area contributed by atoms with Gasteiger partial charge in [-0.05, 0) is 18.6 Å². The Morgan fingerprint density at radius 2 is 2.05 bits per heavy atom. The number of sulfonamides is 1. The largest absolute Gasteiger partial charge is 0.384 e. The highest BCUT2D eigenvalue weighted by atomic mass is 32.2. The summed E-state index contributed by atoms with van der Waals surface area (Å²) in [6.45, 7) is 2.72. The summed E-state index contributed by atoms with van der Waals surface area (Å²) in [5, 5.41) is 6.93. The Labute approximate surface area is 118 Å². The Kier molecular flexibility index (Phi) is 4.23. The molecular weight excluding hydrogens is 278 g/mol. The van der Waals surface area contributed by atoms with Crippen molar-refractivity contribution in [2.75, 3.05) is 16.6 Å². The molecule has 0 fully saturated rings. The Balaban J connectivity index is 2.32. The van der Waals surface area contributed by atoms with Crippen LogP contribution in [-0.4, -0.2) is 29.7 Å². The van der Waals surface area contributed by atoms with Crippen LogP contribution >= 0.6 is 0 Å². The number of nitrogens with one attached hydrogen (secondary N) is 2. The first kappa shape index (κ1) is 14.3. The quantitative estimate of drug-likeness (QED) is 0.841. The van der Waals surface area contributed by atoms with Gasteiger partial charge in [-0.15, -0.1) is 0 Å². The van der Waals surface area contributed by atoms with Gasteiger partial charge in [0.25, 0.3) is 10.0 Å². The molecule has 108 valence electrons. The SMILES string of the molecule is CCCNc1ccccc1S(=O)(=O)Nc1ncnn1C. The zero-order valence-electron chi connectivity index (χ0n) is 11.4. The van der Waals surface area contributed by atoms with E-state index in [2.05, 4.69) is 20.1 Å². The van der Waals surface area contributed by atoms with Gasteiger partial charge in [0.05, 0.1) is 5.69 Å². The molecule has 0 aliphatic heterocycles. The van der Waals surface area contributed by atoms with Crippen LogP contribution in [0.25, 0.3) is 0 Å². The molecule has 0 unspecified atom stereocenters. The monoisotopic (exact) mass is 295 g/mol. The molecule has 0 aliphatic rings. The summed E-state index contributed by atoms with van der Waals surface area (Å²) in [7, 11) is -2.09. The molecular formula is C12H17N5O2S. The number of aryl methyl sites for hydroxylation is 1. The first-order valence-corrected chi connectivity index (χ1v) is 7.72. The summed E-state index contributed by atoms with van der Waals surface area (Å²) in [4.78, 5) is 4.05. The van der Waals surface area contributed by atoms with E-state index in [9.17, 15) is 8.42 Å². The van der Waals surface area contributed by atoms with Crippen LogP contribution in [0.5, 0.6) is 0 Å². The average molecular weight is 295 g/mol. The molecule has 0 spiro atoms. The minimum atomic E-state index is -3.70. The third-order valence-corrected chi connectivity index (χ3v) is 4.07. The van der Waals surface area contributed by atoms with Crippen LogP contribution < -0.4 is 10.0 Å². The van der Waals surface area contributed by atoms with Gasteiger partial charge in [0.2, 0.25) is 5.95 Å². The van der Waals surface area contributed by atoms with Gasteiger partial charge in [-0.25, -0.2) is 17.8 Å². The van der Waals surface area contributed by atoms with Crippen LogP contribution in [-0.2, 0) is 17.1 Å². The molecule has 8 heteroatoms. The minimum Gasteiger partial charge on any atom is -0.384 e. The number of para-hydroxylation sites is 1. The van der Waals surface area contributed by atoms with Crippen LogP contribution in [0, 0.1) is 0 Å². The fraction of sp³-hybridized carbons (Fsp3) is 0.333. The number of rotatable bonds is 6. The lowest BCUT2D eigenvalue weighted by Crippen LogP contribution is -2.18. The fourth-order valence-electron chi connectivity index (χ4n) is 1.67. The van der Waals surface area contributed by atoms with Crippen molar-refractivity contribution in [3.05, 3.63) is 30.6 Å². The molecule has 0 atom stereocenters. The Morgan fingerprint density at radius 1 is 1.30 bits per heavy atom. The number of aromatic nitrogens is 3. The molecule has 1 heterocycles. The molecule has 20 heavy (non-hydrogen) atoms. The van der Waals surface area contributed by atoms with Gasteiger partial charge in [0.1, 0.15) is 11.2 Å². The highest BCUT2D eigenvalue weighted by molar-refractivity contribution is 7.92. The van der Waals surface area contributed by atoms with Crippen molar-refractivity contribution in [2.45, 2.75) is 18.2 Å². The fourth-order valence-corrected chi connectivity index (χ4v) is 2.89. The lowest BCUT2D eigenvalue weighted by Gasteiger charge is -2.12. The number of hydrogen-bond donors (Lipinski definition) is 2. The third-order valence-electron chi connectivity index (χ3n) is 2.68. The minimum absolute atomic E-state index is 0.176. The van der Waals surface area contributed by atoms with Gasteiger partial charge in [-0.3, -0.25) is 0 Å². The van der Waals surface area contributed by atoms with Crippen molar-refractivity contribution in [1.29, 1.82) is 0 Å². The van der Waals surface area contributed by atoms with E-state index in [-0.39, 0.29) is 10.8 Å². The maximum Gasteiger partial charge on any atom is 0.266 e. The molecule has 7 nitrogen and oxygen atoms in total. The predicted molar refractivity (Wildman–Crippen MR) is 77.0 cm³/mol. The maximum atomic E-state index is 12.4. The van der Waals surface area contributed by atoms with E-state index in [4.69, 9.17) is 0 Å². The van der Waals surface area contributed by atoms with E-state index in [0.29, 0.717) is 12.2 Å². The van der Waals surface area contributed by atoms with Gasteiger partial charge in [-0.1, -0.05) is 19.1 Å². The van der Waals surface area contributed by atoms with Crippen molar-refractivity contribution < 1.29 is 8.42 Å². The van der Waals surface area contributed by atoms with Crippen LogP contribution in [0.3, 0.4) is 0 Å². The van der Waals surface area contributed by atoms with Crippen LogP contribution in [0.2, 0.25) is 0 Å². The molecule has 0 saturated carbocycles. The summed E-state index contributed by atoms with van der Waals surface area (Å²) in [6.07, 6.45) is 2.20. The zero-order valence-corrected chi connectivity index (χ0v) is 12.2. The summed E-state index contributed by atoms with van der Waals surface area (Å²) in [5.74, 6) is 0.176. The molecule has 1 aromatic heterocycles. The normalized spacial score (nSPS) is 11.3. The first-order chi connectivity index (χ1) is 9.54. The molecule has 0 amide bonds. The van der Waals surface area contributed by atoms with E-state index in [1.807, 2.05) is 6.92 Å². The summed E-state index contributed by atoms with van der Waals surface area (Å²) in [6, 6.07) is 6.76. The van der Waals surface area contributed by atoms with E-state index in [1.165, 1.54) is 11.0 Å². The third kappa shape index (κ3) is 3.08. The summed E-state index contributed by atoms with van der Waals surface area (Å²) in [5.41, 5.74) is 0.573. The number of hydrogen-bond acceptors (Lipinski definition) is 5. The molecule has 2 rings (SSSR count). The zero-order chi connectivity index (χ0) is 14.6.